The van der Waals surface area contributed by atoms with Crippen LogP contribution in [0.15, 0.2) is 12.7 Å². The Kier molecular flexibility index (Phi) is 12.3. The number of amides is 1. The molecule has 0 atom stereocenters. The molecule has 0 heterocycles. The summed E-state index contributed by atoms with van der Waals surface area (Å²) >= 11 is 1.92. The van der Waals surface area contributed by atoms with Gasteiger partial charge < -0.3 is 5.32 Å². The van der Waals surface area contributed by atoms with E-state index in [1.54, 1.807) is 0 Å². The molecular weight excluding hydrogens is 218 g/mol. The minimum absolute atomic E-state index is 0.0693. The highest BCUT2D eigenvalue weighted by atomic mass is 32.2. The topological polar surface area (TPSA) is 29.1 Å². The van der Waals surface area contributed by atoms with Gasteiger partial charge in [0, 0.05) is 12.3 Å². The number of carbonyl (C=O) groups excluding carboxylic acids is 1. The molecule has 0 aliphatic carbocycles. The fourth-order valence-corrected chi connectivity index (χ4v) is 2.26. The lowest BCUT2D eigenvalue weighted by atomic mass is 10.1. The molecule has 0 fully saturated rings. The summed E-state index contributed by atoms with van der Waals surface area (Å²) in [7, 11) is 0. The fourth-order valence-electron chi connectivity index (χ4n) is 1.41. The number of rotatable bonds is 11. The van der Waals surface area contributed by atoms with Gasteiger partial charge in [-0.15, -0.1) is 0 Å². The Balaban J connectivity index is 2.98. The van der Waals surface area contributed by atoms with Crippen LogP contribution in [-0.2, 0) is 4.79 Å². The standard InChI is InChI=1S/C13H25NOS/c1-3-5-6-7-8-9-11-16-12-10-14-13(15)4-2/h4H,2-3,5-12H2,1H3,(H,14,15). The maximum Gasteiger partial charge on any atom is 0.243 e. The molecular formula is C13H25NOS. The quantitative estimate of drug-likeness (QED) is 0.445. The molecule has 0 unspecified atom stereocenters. The lowest BCUT2D eigenvalue weighted by Crippen LogP contribution is -2.23. The molecule has 0 aromatic rings. The lowest BCUT2D eigenvalue weighted by Gasteiger charge is -2.03. The number of carbonyl (C=O) groups is 1. The van der Waals surface area contributed by atoms with E-state index in [9.17, 15) is 4.79 Å². The van der Waals surface area contributed by atoms with Gasteiger partial charge in [-0.3, -0.25) is 4.79 Å². The van der Waals surface area contributed by atoms with Crippen LogP contribution < -0.4 is 5.32 Å². The van der Waals surface area contributed by atoms with Crippen molar-refractivity contribution in [1.29, 1.82) is 0 Å². The Hall–Kier alpha value is -0.440. The van der Waals surface area contributed by atoms with E-state index in [2.05, 4.69) is 18.8 Å². The van der Waals surface area contributed by atoms with Crippen molar-refractivity contribution in [2.45, 2.75) is 45.4 Å². The minimum Gasteiger partial charge on any atom is -0.352 e. The molecule has 0 aliphatic heterocycles. The maximum atomic E-state index is 10.8. The largest absolute Gasteiger partial charge is 0.352 e. The van der Waals surface area contributed by atoms with Crippen molar-refractivity contribution < 1.29 is 4.79 Å². The average Bonchev–Trinajstić information content (AvgIpc) is 2.31. The van der Waals surface area contributed by atoms with Crippen molar-refractivity contribution >= 4 is 17.7 Å². The van der Waals surface area contributed by atoms with Crippen LogP contribution in [0.4, 0.5) is 0 Å². The Morgan fingerprint density at radius 2 is 1.88 bits per heavy atom. The van der Waals surface area contributed by atoms with Gasteiger partial charge in [-0.25, -0.2) is 0 Å². The van der Waals surface area contributed by atoms with Crippen LogP contribution in [0.25, 0.3) is 0 Å². The summed E-state index contributed by atoms with van der Waals surface area (Å²) in [5.74, 6) is 2.16. The Bertz CT molecular complexity index is 183. The van der Waals surface area contributed by atoms with E-state index in [1.165, 1.54) is 50.4 Å². The van der Waals surface area contributed by atoms with Crippen LogP contribution in [0.2, 0.25) is 0 Å². The van der Waals surface area contributed by atoms with Crippen molar-refractivity contribution in [2.75, 3.05) is 18.1 Å². The first-order valence-corrected chi connectivity index (χ1v) is 7.44. The van der Waals surface area contributed by atoms with E-state index in [0.717, 1.165) is 12.3 Å². The van der Waals surface area contributed by atoms with Crippen molar-refractivity contribution in [3.63, 3.8) is 0 Å². The van der Waals surface area contributed by atoms with E-state index in [4.69, 9.17) is 0 Å². The van der Waals surface area contributed by atoms with Gasteiger partial charge in [0.2, 0.25) is 5.91 Å². The summed E-state index contributed by atoms with van der Waals surface area (Å²) < 4.78 is 0. The first kappa shape index (κ1) is 15.6. The van der Waals surface area contributed by atoms with Crippen LogP contribution in [0.3, 0.4) is 0 Å². The van der Waals surface area contributed by atoms with Crippen molar-refractivity contribution in [2.24, 2.45) is 0 Å². The second kappa shape index (κ2) is 12.6. The van der Waals surface area contributed by atoms with Crippen LogP contribution in [0.1, 0.15) is 45.4 Å². The van der Waals surface area contributed by atoms with Gasteiger partial charge in [0.1, 0.15) is 0 Å². The number of unbranched alkanes of at least 4 members (excludes halogenated alkanes) is 5. The number of nitrogens with one attached hydrogen (secondary N) is 1. The Morgan fingerprint density at radius 1 is 1.19 bits per heavy atom. The summed E-state index contributed by atoms with van der Waals surface area (Å²) in [5.41, 5.74) is 0. The summed E-state index contributed by atoms with van der Waals surface area (Å²) in [6, 6.07) is 0. The van der Waals surface area contributed by atoms with E-state index >= 15 is 0 Å². The highest BCUT2D eigenvalue weighted by Crippen LogP contribution is 2.09. The van der Waals surface area contributed by atoms with E-state index < -0.39 is 0 Å². The van der Waals surface area contributed by atoms with Gasteiger partial charge in [-0.05, 0) is 18.2 Å². The van der Waals surface area contributed by atoms with Gasteiger partial charge in [0.15, 0.2) is 0 Å². The normalized spacial score (nSPS) is 10.1. The van der Waals surface area contributed by atoms with Crippen molar-refractivity contribution in [3.8, 4) is 0 Å². The molecule has 0 aliphatic rings. The molecule has 0 saturated carbocycles. The fraction of sp³-hybridized carbons (Fsp3) is 0.769. The molecule has 0 bridgehead atoms. The minimum atomic E-state index is -0.0693. The zero-order valence-electron chi connectivity index (χ0n) is 10.5. The van der Waals surface area contributed by atoms with Gasteiger partial charge >= 0.3 is 0 Å². The first-order valence-electron chi connectivity index (χ1n) is 6.29. The zero-order valence-corrected chi connectivity index (χ0v) is 11.3. The van der Waals surface area contributed by atoms with Crippen molar-refractivity contribution in [1.82, 2.24) is 5.32 Å². The Morgan fingerprint density at radius 3 is 2.56 bits per heavy atom. The van der Waals surface area contributed by atoms with Gasteiger partial charge in [0.25, 0.3) is 0 Å². The summed E-state index contributed by atoms with van der Waals surface area (Å²) in [6.07, 6.45) is 9.44. The van der Waals surface area contributed by atoms with Crippen LogP contribution >= 0.6 is 11.8 Å². The van der Waals surface area contributed by atoms with Crippen LogP contribution in [0, 0.1) is 0 Å². The first-order chi connectivity index (χ1) is 7.81. The molecule has 0 saturated heterocycles. The number of thioether (sulfide) groups is 1. The highest BCUT2D eigenvalue weighted by Gasteiger charge is 1.94. The molecule has 0 radical (unpaired) electrons. The van der Waals surface area contributed by atoms with E-state index in [-0.39, 0.29) is 5.91 Å². The molecule has 0 aromatic carbocycles. The summed E-state index contributed by atoms with van der Waals surface area (Å²) in [5, 5.41) is 2.77. The predicted molar refractivity (Wildman–Crippen MR) is 73.9 cm³/mol. The van der Waals surface area contributed by atoms with Gasteiger partial charge in [-0.1, -0.05) is 45.6 Å². The molecule has 3 heteroatoms. The van der Waals surface area contributed by atoms with Crippen LogP contribution in [0.5, 0.6) is 0 Å². The van der Waals surface area contributed by atoms with E-state index in [0.29, 0.717) is 0 Å². The summed E-state index contributed by atoms with van der Waals surface area (Å²) in [6.45, 7) is 6.40. The Labute approximate surface area is 104 Å². The smallest absolute Gasteiger partial charge is 0.243 e. The lowest BCUT2D eigenvalue weighted by molar-refractivity contribution is -0.116. The molecule has 0 rings (SSSR count). The molecule has 1 amide bonds. The molecule has 0 spiro atoms. The third kappa shape index (κ3) is 11.6. The second-order valence-corrected chi connectivity index (χ2v) is 5.10. The molecule has 2 nitrogen and oxygen atoms in total. The maximum absolute atomic E-state index is 10.8. The number of hydrogen-bond donors (Lipinski definition) is 1. The molecule has 1 N–H and O–H groups in total. The predicted octanol–water partition coefficient (Wildman–Crippen LogP) is 3.38. The van der Waals surface area contributed by atoms with Gasteiger partial charge in [0.05, 0.1) is 0 Å². The second-order valence-electron chi connectivity index (χ2n) is 3.88. The molecule has 0 aromatic heterocycles. The van der Waals surface area contributed by atoms with Gasteiger partial charge in [-0.2, -0.15) is 11.8 Å². The third-order valence-electron chi connectivity index (χ3n) is 2.37. The molecule has 16 heavy (non-hydrogen) atoms. The monoisotopic (exact) mass is 243 g/mol. The third-order valence-corrected chi connectivity index (χ3v) is 3.44. The summed E-state index contributed by atoms with van der Waals surface area (Å²) in [4.78, 5) is 10.8. The van der Waals surface area contributed by atoms with Crippen LogP contribution in [-0.4, -0.2) is 24.0 Å². The average molecular weight is 243 g/mol. The highest BCUT2D eigenvalue weighted by molar-refractivity contribution is 7.99. The number of hydrogen-bond acceptors (Lipinski definition) is 2. The van der Waals surface area contributed by atoms with E-state index in [1.807, 2.05) is 11.8 Å². The SMILES string of the molecule is C=CC(=O)NCCSCCCCCCCC. The van der Waals surface area contributed by atoms with Crippen molar-refractivity contribution in [3.05, 3.63) is 12.7 Å². The molecule has 94 valence electrons. The zero-order chi connectivity index (χ0) is 12.1.